The second-order valence-corrected chi connectivity index (χ2v) is 12.3. The molecule has 6 N–H and O–H groups in total. The highest BCUT2D eigenvalue weighted by atomic mass is 19.1. The summed E-state index contributed by atoms with van der Waals surface area (Å²) in [6.07, 6.45) is -2.85. The lowest BCUT2D eigenvalue weighted by molar-refractivity contribution is -0.145. The molecule has 0 radical (unpaired) electrons. The predicted octanol–water partition coefficient (Wildman–Crippen LogP) is 1.96. The normalized spacial score (nSPS) is 18.9. The van der Waals surface area contributed by atoms with Gasteiger partial charge in [-0.3, -0.25) is 24.0 Å². The number of ketones is 3. The minimum absolute atomic E-state index is 0.0439. The molecule has 14 heteroatoms. The van der Waals surface area contributed by atoms with E-state index in [4.69, 9.17) is 26.2 Å². The molecule has 13 nitrogen and oxygen atoms in total. The van der Waals surface area contributed by atoms with Crippen LogP contribution in [0.25, 0.3) is 11.1 Å². The van der Waals surface area contributed by atoms with E-state index in [1.807, 2.05) is 6.07 Å². The van der Waals surface area contributed by atoms with Crippen molar-refractivity contribution >= 4 is 29.2 Å². The summed E-state index contributed by atoms with van der Waals surface area (Å²) in [4.78, 5) is 67.9. The number of hydrogen-bond acceptors (Lipinski definition) is 11. The number of nitrogens with two attached hydrogens (primary N) is 2. The number of halogens is 1. The monoisotopic (exact) mass is 695 g/mol. The van der Waals surface area contributed by atoms with E-state index in [0.29, 0.717) is 33.8 Å². The summed E-state index contributed by atoms with van der Waals surface area (Å²) >= 11 is 0. The number of carbonyl (C=O) groups excluding carboxylic acids is 5. The van der Waals surface area contributed by atoms with Gasteiger partial charge in [0.05, 0.1) is 24.6 Å². The molecule has 0 saturated heterocycles. The molecule has 0 aromatic heterocycles. The fourth-order valence-corrected chi connectivity index (χ4v) is 5.76. The van der Waals surface area contributed by atoms with Gasteiger partial charge in [0.2, 0.25) is 11.8 Å². The smallest absolute Gasteiger partial charge is 0.229 e. The second-order valence-electron chi connectivity index (χ2n) is 12.3. The van der Waals surface area contributed by atoms with Gasteiger partial charge in [0.1, 0.15) is 30.8 Å². The molecule has 1 heterocycles. The largest absolute Gasteiger partial charge is 0.492 e. The van der Waals surface area contributed by atoms with Crippen LogP contribution in [-0.2, 0) is 30.4 Å². The Morgan fingerprint density at radius 1 is 1.06 bits per heavy atom. The lowest BCUT2D eigenvalue weighted by atomic mass is 9.88. The van der Waals surface area contributed by atoms with E-state index >= 15 is 0 Å². The second kappa shape index (κ2) is 18.9. The molecule has 4 bridgehead atoms. The summed E-state index contributed by atoms with van der Waals surface area (Å²) < 4.78 is 25.7. The number of nitriles is 1. The van der Waals surface area contributed by atoms with Gasteiger partial charge in [-0.1, -0.05) is 19.1 Å². The highest BCUT2D eigenvalue weighted by molar-refractivity contribution is 5.96. The Hall–Kier alpha value is -4.71. The number of fused-ring (bicyclic) bond motifs is 5. The lowest BCUT2D eigenvalue weighted by Crippen LogP contribution is -2.46. The molecule has 1 aliphatic rings. The highest BCUT2D eigenvalue weighted by Crippen LogP contribution is 2.40. The Morgan fingerprint density at radius 3 is 2.26 bits per heavy atom. The topological polar surface area (TPSA) is 215 Å². The van der Waals surface area contributed by atoms with Crippen LogP contribution in [0.4, 0.5) is 4.39 Å². The number of hydrogen-bond donors (Lipinski definition) is 4. The number of likely N-dealkylation sites (N-methyl/N-ethyl adjacent to an activating group) is 1. The van der Waals surface area contributed by atoms with Crippen LogP contribution in [0.3, 0.4) is 0 Å². The number of nitrogens with zero attached hydrogens (tertiary/aromatic N) is 2. The van der Waals surface area contributed by atoms with E-state index in [2.05, 4.69) is 5.32 Å². The number of alkyl halides is 1. The Morgan fingerprint density at radius 2 is 1.68 bits per heavy atom. The van der Waals surface area contributed by atoms with Crippen molar-refractivity contribution in [2.24, 2.45) is 23.3 Å². The molecular weight excluding hydrogens is 649 g/mol. The number of amides is 2. The molecule has 1 unspecified atom stereocenters. The number of rotatable bonds is 15. The van der Waals surface area contributed by atoms with Gasteiger partial charge < -0.3 is 36.3 Å². The van der Waals surface area contributed by atoms with Gasteiger partial charge in [-0.05, 0) is 48.7 Å². The van der Waals surface area contributed by atoms with E-state index in [1.165, 1.54) is 14.0 Å². The summed E-state index contributed by atoms with van der Waals surface area (Å²) in [6, 6.07) is 9.69. The number of carbonyl (C=O) groups is 5. The minimum atomic E-state index is -1.86. The average molecular weight is 696 g/mol. The zero-order chi connectivity index (χ0) is 37.0. The average Bonchev–Trinajstić information content (AvgIpc) is 3.10. The number of Topliss-reactive ketones (excluding diaryl/α,β-unsaturated/α-hetero) is 3. The molecule has 0 fully saturated rings. The first kappa shape index (κ1) is 39.7. The van der Waals surface area contributed by atoms with Crippen molar-refractivity contribution in [1.29, 1.82) is 5.26 Å². The molecule has 0 saturated carbocycles. The first-order chi connectivity index (χ1) is 23.9. The van der Waals surface area contributed by atoms with Crippen LogP contribution in [0.15, 0.2) is 36.4 Å². The van der Waals surface area contributed by atoms with Crippen LogP contribution in [0.1, 0.15) is 56.7 Å². The minimum Gasteiger partial charge on any atom is -0.492 e. The lowest BCUT2D eigenvalue weighted by Gasteiger charge is -2.32. The van der Waals surface area contributed by atoms with Gasteiger partial charge in [-0.15, -0.1) is 0 Å². The van der Waals surface area contributed by atoms with Crippen LogP contribution >= 0.6 is 0 Å². The maximum absolute atomic E-state index is 14.2. The Balaban J connectivity index is 2.29. The molecule has 3 rings (SSSR count). The summed E-state index contributed by atoms with van der Waals surface area (Å²) in [5.74, 6) is -4.64. The molecule has 5 atom stereocenters. The first-order valence-electron chi connectivity index (χ1n) is 16.6. The van der Waals surface area contributed by atoms with E-state index in [0.717, 1.165) is 11.8 Å². The van der Waals surface area contributed by atoms with Crippen molar-refractivity contribution in [2.75, 3.05) is 40.0 Å². The maximum Gasteiger partial charge on any atom is 0.229 e. The zero-order valence-corrected chi connectivity index (χ0v) is 28.7. The van der Waals surface area contributed by atoms with Gasteiger partial charge in [0.25, 0.3) is 0 Å². The van der Waals surface area contributed by atoms with E-state index in [1.54, 1.807) is 36.4 Å². The number of aliphatic hydroxyl groups is 1. The number of aliphatic hydroxyl groups excluding tert-OH is 1. The maximum atomic E-state index is 14.2. The van der Waals surface area contributed by atoms with Gasteiger partial charge in [0.15, 0.2) is 23.5 Å². The fraction of sp³-hybridized carbons (Fsp3) is 0.500. The Kier molecular flexibility index (Phi) is 15.0. The molecule has 270 valence electrons. The molecule has 0 aliphatic carbocycles. The van der Waals surface area contributed by atoms with Crippen molar-refractivity contribution in [1.82, 2.24) is 10.2 Å². The van der Waals surface area contributed by atoms with Crippen LogP contribution in [0, 0.1) is 23.2 Å². The number of benzene rings is 2. The first-order valence-corrected chi connectivity index (χ1v) is 16.6. The third-order valence-corrected chi connectivity index (χ3v) is 8.49. The molecule has 0 spiro atoms. The summed E-state index contributed by atoms with van der Waals surface area (Å²) in [6.45, 7) is 2.49. The third-order valence-electron chi connectivity index (χ3n) is 8.49. The molecule has 2 aromatic carbocycles. The van der Waals surface area contributed by atoms with Gasteiger partial charge in [-0.2, -0.15) is 5.26 Å². The summed E-state index contributed by atoms with van der Waals surface area (Å²) in [5, 5.41) is 21.9. The SMILES string of the molecule is CC(F)C(=O)C[C@@H](CO)C(=O)N(C)[C@@H]1C(=O)C[C@@H](C)C(=O)N[C@H](C(=O)CCC#N)Cc2ccc(OCCN)c(c2)-c2cc1ccc2OCCN. The van der Waals surface area contributed by atoms with Crippen molar-refractivity contribution < 1.29 is 42.9 Å². The number of ether oxygens (including phenoxy) is 2. The fourth-order valence-electron chi connectivity index (χ4n) is 5.76. The summed E-state index contributed by atoms with van der Waals surface area (Å²) in [5.41, 5.74) is 13.4. The van der Waals surface area contributed by atoms with E-state index < -0.39 is 66.5 Å². The predicted molar refractivity (Wildman–Crippen MR) is 182 cm³/mol. The quantitative estimate of drug-likeness (QED) is 0.211. The van der Waals surface area contributed by atoms with Crippen molar-refractivity contribution in [2.45, 2.75) is 64.2 Å². The van der Waals surface area contributed by atoms with Crippen LogP contribution < -0.4 is 26.3 Å². The number of nitrogens with one attached hydrogen (secondary N) is 1. The van der Waals surface area contributed by atoms with E-state index in [-0.39, 0.29) is 57.8 Å². The van der Waals surface area contributed by atoms with Gasteiger partial charge >= 0.3 is 0 Å². The van der Waals surface area contributed by atoms with E-state index in [9.17, 15) is 33.5 Å². The van der Waals surface area contributed by atoms with Crippen LogP contribution in [0.2, 0.25) is 0 Å². The highest BCUT2D eigenvalue weighted by Gasteiger charge is 2.36. The zero-order valence-electron chi connectivity index (χ0n) is 28.7. The van der Waals surface area contributed by atoms with Crippen molar-refractivity contribution in [3.63, 3.8) is 0 Å². The molecule has 50 heavy (non-hydrogen) atoms. The van der Waals surface area contributed by atoms with Crippen molar-refractivity contribution in [3.8, 4) is 28.7 Å². The Bertz CT molecular complexity index is 1590. The standard InChI is InChI=1S/C36H46FN5O8/c1-21-15-31(46)34(42(3)36(48)25(20-43)19-30(45)22(2)37)24-7-9-33(50-14-12-40)27(18-24)26-16-23(6-8-32(26)49-13-11-39)17-28(41-35(21)47)29(44)5-4-10-38/h6-9,16,18,21-22,25,28,34,43H,4-5,11-15,17,19-20,39-40H2,1-3H3,(H,41,47)/t21-,22?,25+,28+,34+/m1/s1. The van der Waals surface area contributed by atoms with Gasteiger partial charge in [0, 0.05) is 62.9 Å². The molecule has 2 amide bonds. The summed E-state index contributed by atoms with van der Waals surface area (Å²) in [7, 11) is 1.34. The molecular formula is C36H46FN5O8. The molecule has 1 aliphatic heterocycles. The van der Waals surface area contributed by atoms with Crippen molar-refractivity contribution in [3.05, 3.63) is 47.5 Å². The Labute approximate surface area is 291 Å². The van der Waals surface area contributed by atoms with Crippen LogP contribution in [-0.4, -0.2) is 91.3 Å². The van der Waals surface area contributed by atoms with Gasteiger partial charge in [-0.25, -0.2) is 4.39 Å². The third kappa shape index (κ3) is 10.2. The molecule has 2 aromatic rings. The van der Waals surface area contributed by atoms with Crippen LogP contribution in [0.5, 0.6) is 11.5 Å².